The third-order valence-corrected chi connectivity index (χ3v) is 4.63. The molecule has 0 unspecified atom stereocenters. The molecule has 0 saturated heterocycles. The van der Waals surface area contributed by atoms with E-state index in [0.29, 0.717) is 13.0 Å². The molecule has 4 nitrogen and oxygen atoms in total. The van der Waals surface area contributed by atoms with Crippen LogP contribution in [-0.4, -0.2) is 20.0 Å². The lowest BCUT2D eigenvalue weighted by molar-refractivity contribution is -0.137. The summed E-state index contributed by atoms with van der Waals surface area (Å²) in [7, 11) is 0. The van der Waals surface area contributed by atoms with Crippen molar-refractivity contribution in [3.8, 4) is 5.69 Å². The lowest BCUT2D eigenvalue weighted by Gasteiger charge is -2.14. The number of aryl methyl sites for hydroxylation is 1. The normalized spacial score (nSPS) is 12.5. The number of nitrogen functional groups attached to an aromatic ring is 1. The smallest absolute Gasteiger partial charge is 0.388 e. The number of halogens is 6. The van der Waals surface area contributed by atoms with Crippen molar-refractivity contribution in [1.29, 1.82) is 0 Å². The van der Waals surface area contributed by atoms with Crippen LogP contribution in [0.15, 0.2) is 17.0 Å². The maximum Gasteiger partial charge on any atom is 0.416 e. The van der Waals surface area contributed by atoms with Gasteiger partial charge in [-0.2, -0.15) is 27.1 Å². The molecule has 0 saturated carbocycles. The van der Waals surface area contributed by atoms with Crippen LogP contribution in [0.3, 0.4) is 0 Å². The Balaban J connectivity index is 2.70. The van der Waals surface area contributed by atoms with Crippen LogP contribution in [0.4, 0.5) is 27.8 Å². The highest BCUT2D eigenvalue weighted by molar-refractivity contribution is 8.00. The number of hydrogen-bond acceptors (Lipinski definition) is 4. The summed E-state index contributed by atoms with van der Waals surface area (Å²) in [4.78, 5) is -0.469. The lowest BCUT2D eigenvalue weighted by Crippen LogP contribution is -2.13. The maximum atomic E-state index is 13.4. The number of anilines is 1. The van der Waals surface area contributed by atoms with Crippen molar-refractivity contribution in [1.82, 2.24) is 9.78 Å². The highest BCUT2D eigenvalue weighted by Gasteiger charge is 2.33. The first-order valence-electron chi connectivity index (χ1n) is 6.85. The zero-order valence-corrected chi connectivity index (χ0v) is 15.7. The molecule has 0 aliphatic carbocycles. The van der Waals surface area contributed by atoms with E-state index in [-0.39, 0.29) is 49.4 Å². The fourth-order valence-corrected chi connectivity index (χ4v) is 3.55. The molecular formula is C14H12ClF5N4S2. The van der Waals surface area contributed by atoms with Crippen molar-refractivity contribution in [2.24, 2.45) is 5.73 Å². The van der Waals surface area contributed by atoms with Crippen LogP contribution >= 0.6 is 35.6 Å². The van der Waals surface area contributed by atoms with Gasteiger partial charge in [0.2, 0.25) is 0 Å². The number of benzene rings is 1. The molecule has 2 aromatic rings. The summed E-state index contributed by atoms with van der Waals surface area (Å²) in [5.74, 6) is -0.260. The molecule has 0 aliphatic heterocycles. The topological polar surface area (TPSA) is 69.9 Å². The number of alkyl halides is 5. The van der Waals surface area contributed by atoms with E-state index >= 15 is 0 Å². The SMILES string of the molecule is Cc1cc(C(F)(F)F)cc(Cl)c1-n1nc(C(N)=S)c(SC(C)(F)F)c1N. The van der Waals surface area contributed by atoms with Gasteiger partial charge in [-0.3, -0.25) is 0 Å². The van der Waals surface area contributed by atoms with Gasteiger partial charge in [-0.15, -0.1) is 0 Å². The molecule has 1 aromatic heterocycles. The maximum absolute atomic E-state index is 13.4. The second kappa shape index (κ2) is 6.86. The van der Waals surface area contributed by atoms with Crippen LogP contribution in [0.2, 0.25) is 5.02 Å². The summed E-state index contributed by atoms with van der Waals surface area (Å²) >= 11 is 10.9. The van der Waals surface area contributed by atoms with E-state index in [2.05, 4.69) is 5.10 Å². The number of thioether (sulfide) groups is 1. The number of hydrogen-bond donors (Lipinski definition) is 2. The molecule has 12 heteroatoms. The molecule has 0 atom stereocenters. The molecule has 0 spiro atoms. The van der Waals surface area contributed by atoms with Crippen LogP contribution < -0.4 is 11.5 Å². The third-order valence-electron chi connectivity index (χ3n) is 3.18. The Kier molecular flexibility index (Phi) is 5.46. The van der Waals surface area contributed by atoms with Crippen molar-refractivity contribution in [2.75, 3.05) is 5.73 Å². The van der Waals surface area contributed by atoms with Crippen LogP contribution in [0, 0.1) is 6.92 Å². The standard InChI is InChI=1S/C14H12ClF5N4S2/c1-5-3-6(14(18,19)20)4-7(15)9(5)24-11(21)10(26-13(2,16)17)8(23-24)12(22)25/h3-4H,21H2,1-2H3,(H2,22,25). The first-order valence-corrected chi connectivity index (χ1v) is 8.45. The molecule has 1 heterocycles. The first-order chi connectivity index (χ1) is 11.7. The molecule has 4 N–H and O–H groups in total. The van der Waals surface area contributed by atoms with E-state index in [1.54, 1.807) is 0 Å². The van der Waals surface area contributed by atoms with Crippen LogP contribution in [0.5, 0.6) is 0 Å². The third kappa shape index (κ3) is 4.21. The van der Waals surface area contributed by atoms with E-state index < -0.39 is 17.0 Å². The van der Waals surface area contributed by atoms with Crippen molar-refractivity contribution in [3.63, 3.8) is 0 Å². The molecule has 142 valence electrons. The van der Waals surface area contributed by atoms with Crippen molar-refractivity contribution >= 4 is 46.4 Å². The van der Waals surface area contributed by atoms with E-state index in [9.17, 15) is 22.0 Å². The Hall–Kier alpha value is -1.59. The van der Waals surface area contributed by atoms with Gasteiger partial charge in [-0.25, -0.2) is 4.68 Å². The number of rotatable bonds is 4. The number of nitrogens with zero attached hydrogens (tertiary/aromatic N) is 2. The summed E-state index contributed by atoms with van der Waals surface area (Å²) in [6, 6.07) is 1.55. The largest absolute Gasteiger partial charge is 0.416 e. The summed E-state index contributed by atoms with van der Waals surface area (Å²) < 4.78 is 66.5. The minimum absolute atomic E-state index is 0.0148. The van der Waals surface area contributed by atoms with Crippen LogP contribution in [0.1, 0.15) is 23.7 Å². The Morgan fingerprint density at radius 2 is 1.85 bits per heavy atom. The highest BCUT2D eigenvalue weighted by Crippen LogP contribution is 2.42. The Morgan fingerprint density at radius 3 is 2.27 bits per heavy atom. The fourth-order valence-electron chi connectivity index (χ4n) is 2.20. The Labute approximate surface area is 159 Å². The zero-order valence-electron chi connectivity index (χ0n) is 13.3. The number of nitrogens with two attached hydrogens (primary N) is 2. The van der Waals surface area contributed by atoms with Crippen LogP contribution in [-0.2, 0) is 6.18 Å². The molecule has 0 fully saturated rings. The van der Waals surface area contributed by atoms with Crippen molar-refractivity contribution < 1.29 is 22.0 Å². The second-order valence-corrected chi connectivity index (χ2v) is 7.55. The Bertz CT molecular complexity index is 850. The van der Waals surface area contributed by atoms with Gasteiger partial charge in [0.1, 0.15) is 16.5 Å². The monoisotopic (exact) mass is 430 g/mol. The molecule has 2 rings (SSSR count). The average molecular weight is 431 g/mol. The van der Waals surface area contributed by atoms with E-state index in [0.717, 1.165) is 10.7 Å². The number of aromatic nitrogens is 2. The second-order valence-electron chi connectivity index (χ2n) is 5.37. The first kappa shape index (κ1) is 20.7. The van der Waals surface area contributed by atoms with E-state index in [4.69, 9.17) is 35.3 Å². The van der Waals surface area contributed by atoms with Gasteiger partial charge in [-0.05, 0) is 36.4 Å². The molecule has 1 aromatic carbocycles. The molecule has 0 aliphatic rings. The number of thiocarbonyl (C=S) groups is 1. The molecule has 0 bridgehead atoms. The van der Waals surface area contributed by atoms with Gasteiger partial charge < -0.3 is 11.5 Å². The van der Waals surface area contributed by atoms with Gasteiger partial charge >= 0.3 is 6.18 Å². The van der Waals surface area contributed by atoms with Gasteiger partial charge in [0.15, 0.2) is 0 Å². The highest BCUT2D eigenvalue weighted by atomic mass is 35.5. The minimum Gasteiger partial charge on any atom is -0.388 e. The average Bonchev–Trinajstić information content (AvgIpc) is 2.73. The Morgan fingerprint density at radius 1 is 1.27 bits per heavy atom. The zero-order chi connectivity index (χ0) is 20.0. The summed E-state index contributed by atoms with van der Waals surface area (Å²) in [5, 5.41) is 0.470. The summed E-state index contributed by atoms with van der Waals surface area (Å²) in [5.41, 5.74) is 10.4. The predicted octanol–water partition coefficient (Wildman–Crippen LogP) is 4.77. The molecule has 26 heavy (non-hydrogen) atoms. The van der Waals surface area contributed by atoms with Crippen molar-refractivity contribution in [3.05, 3.63) is 34.0 Å². The molecule has 0 amide bonds. The van der Waals surface area contributed by atoms with Gasteiger partial charge in [0, 0.05) is 6.92 Å². The summed E-state index contributed by atoms with van der Waals surface area (Å²) in [6.07, 6.45) is -4.60. The minimum atomic E-state index is -4.60. The predicted molar refractivity (Wildman–Crippen MR) is 95.1 cm³/mol. The molecule has 0 radical (unpaired) electrons. The van der Waals surface area contributed by atoms with Gasteiger partial charge in [-0.1, -0.05) is 23.8 Å². The summed E-state index contributed by atoms with van der Waals surface area (Å²) in [6.45, 7) is 2.01. The lowest BCUT2D eigenvalue weighted by atomic mass is 10.1. The van der Waals surface area contributed by atoms with Gasteiger partial charge in [0.05, 0.1) is 21.2 Å². The van der Waals surface area contributed by atoms with Crippen LogP contribution in [0.25, 0.3) is 5.69 Å². The van der Waals surface area contributed by atoms with Crippen molar-refractivity contribution in [2.45, 2.75) is 30.2 Å². The van der Waals surface area contributed by atoms with Gasteiger partial charge in [0.25, 0.3) is 5.25 Å². The van der Waals surface area contributed by atoms with E-state index in [1.807, 2.05) is 0 Å². The quantitative estimate of drug-likeness (QED) is 0.415. The fraction of sp³-hybridized carbons (Fsp3) is 0.286. The molecular weight excluding hydrogens is 419 g/mol. The van der Waals surface area contributed by atoms with E-state index in [1.165, 1.54) is 6.92 Å².